The maximum absolute atomic E-state index is 11.9. The number of hydrogen-bond donors (Lipinski definition) is 1. The third kappa shape index (κ3) is 2.66. The van der Waals surface area contributed by atoms with Gasteiger partial charge in [0.05, 0.1) is 6.61 Å². The summed E-state index contributed by atoms with van der Waals surface area (Å²) in [7, 11) is -1.93. The highest BCUT2D eigenvalue weighted by Crippen LogP contribution is 2.23. The quantitative estimate of drug-likeness (QED) is 0.791. The minimum absolute atomic E-state index is 0.142. The first-order valence-electron chi connectivity index (χ1n) is 4.28. The van der Waals surface area contributed by atoms with E-state index >= 15 is 0 Å². The molecule has 0 fully saturated rings. The van der Waals surface area contributed by atoms with Crippen molar-refractivity contribution in [3.63, 3.8) is 0 Å². The van der Waals surface area contributed by atoms with Crippen LogP contribution in [0.5, 0.6) is 0 Å². The minimum Gasteiger partial charge on any atom is -0.392 e. The van der Waals surface area contributed by atoms with Gasteiger partial charge >= 0.3 is 0 Å². The van der Waals surface area contributed by atoms with Crippen molar-refractivity contribution in [2.24, 2.45) is 0 Å². The fourth-order valence-corrected chi connectivity index (χ4v) is 3.56. The average Bonchev–Trinajstić information content (AvgIpc) is 2.66. The van der Waals surface area contributed by atoms with Gasteiger partial charge in [0.1, 0.15) is 4.21 Å². The van der Waals surface area contributed by atoms with E-state index < -0.39 is 10.0 Å². The molecule has 0 bridgehead atoms. The summed E-state index contributed by atoms with van der Waals surface area (Å²) in [5.74, 6) is 0. The summed E-state index contributed by atoms with van der Waals surface area (Å²) < 4.78 is 25.2. The second-order valence-corrected chi connectivity index (χ2v) is 6.19. The number of rotatable bonds is 5. The molecular formula is C9H13NO3S2. The van der Waals surface area contributed by atoms with Crippen LogP contribution >= 0.6 is 11.3 Å². The molecule has 0 aromatic carbocycles. The Balaban J connectivity index is 3.00. The number of aliphatic hydroxyl groups is 1. The van der Waals surface area contributed by atoms with Gasteiger partial charge in [0.25, 0.3) is 10.0 Å². The van der Waals surface area contributed by atoms with Crippen molar-refractivity contribution in [3.8, 4) is 0 Å². The molecule has 6 heteroatoms. The lowest BCUT2D eigenvalue weighted by atomic mass is 10.4. The molecule has 0 saturated carbocycles. The zero-order valence-electron chi connectivity index (χ0n) is 8.38. The summed E-state index contributed by atoms with van der Waals surface area (Å²) in [4.78, 5) is 0. The summed E-state index contributed by atoms with van der Waals surface area (Å²) >= 11 is 1.11. The SMILES string of the molecule is C=CCN(C)S(=O)(=O)c1cc(CO)cs1. The van der Waals surface area contributed by atoms with E-state index in [1.807, 2.05) is 0 Å². The van der Waals surface area contributed by atoms with Gasteiger partial charge in [0.2, 0.25) is 0 Å². The molecular weight excluding hydrogens is 234 g/mol. The first-order chi connectivity index (χ1) is 7.02. The third-order valence-corrected chi connectivity index (χ3v) is 5.15. The Morgan fingerprint density at radius 2 is 2.33 bits per heavy atom. The number of sulfonamides is 1. The summed E-state index contributed by atoms with van der Waals surface area (Å²) in [6.07, 6.45) is 1.53. The van der Waals surface area contributed by atoms with Crippen LogP contribution in [-0.4, -0.2) is 31.4 Å². The largest absolute Gasteiger partial charge is 0.392 e. The van der Waals surface area contributed by atoms with Crippen molar-refractivity contribution >= 4 is 21.4 Å². The van der Waals surface area contributed by atoms with Gasteiger partial charge in [-0.2, -0.15) is 4.31 Å². The van der Waals surface area contributed by atoms with Crippen molar-refractivity contribution < 1.29 is 13.5 Å². The topological polar surface area (TPSA) is 57.6 Å². The Kier molecular flexibility index (Phi) is 4.04. The molecule has 1 aromatic heterocycles. The zero-order chi connectivity index (χ0) is 11.5. The second kappa shape index (κ2) is 4.89. The van der Waals surface area contributed by atoms with Gasteiger partial charge in [-0.3, -0.25) is 0 Å². The molecule has 1 aromatic rings. The molecule has 84 valence electrons. The molecule has 1 heterocycles. The van der Waals surface area contributed by atoms with Gasteiger partial charge < -0.3 is 5.11 Å². The Labute approximate surface area is 93.5 Å². The van der Waals surface area contributed by atoms with E-state index in [0.717, 1.165) is 11.3 Å². The van der Waals surface area contributed by atoms with Crippen molar-refractivity contribution in [3.05, 3.63) is 29.7 Å². The fraction of sp³-hybridized carbons (Fsp3) is 0.333. The summed E-state index contributed by atoms with van der Waals surface area (Å²) in [5.41, 5.74) is 0.616. The Hall–Kier alpha value is -0.690. The fourth-order valence-electron chi connectivity index (χ4n) is 1.00. The molecule has 4 nitrogen and oxygen atoms in total. The van der Waals surface area contributed by atoms with Gasteiger partial charge in [-0.1, -0.05) is 6.08 Å². The van der Waals surface area contributed by atoms with Crippen LogP contribution in [0.1, 0.15) is 5.56 Å². The van der Waals surface area contributed by atoms with Crippen LogP contribution in [0.4, 0.5) is 0 Å². The van der Waals surface area contributed by atoms with Gasteiger partial charge in [-0.05, 0) is 17.0 Å². The Bertz CT molecular complexity index is 436. The van der Waals surface area contributed by atoms with E-state index in [4.69, 9.17) is 5.11 Å². The van der Waals surface area contributed by atoms with Crippen LogP contribution in [0.15, 0.2) is 28.3 Å². The van der Waals surface area contributed by atoms with Crippen molar-refractivity contribution in [2.75, 3.05) is 13.6 Å². The monoisotopic (exact) mass is 247 g/mol. The van der Waals surface area contributed by atoms with Crippen LogP contribution in [0, 0.1) is 0 Å². The van der Waals surface area contributed by atoms with Crippen LogP contribution < -0.4 is 0 Å². The lowest BCUT2D eigenvalue weighted by molar-refractivity contribution is 0.282. The van der Waals surface area contributed by atoms with E-state index in [1.54, 1.807) is 5.38 Å². The zero-order valence-corrected chi connectivity index (χ0v) is 10.0. The lowest BCUT2D eigenvalue weighted by Gasteiger charge is -2.12. The summed E-state index contributed by atoms with van der Waals surface area (Å²) in [6.45, 7) is 3.62. The van der Waals surface area contributed by atoms with E-state index in [2.05, 4.69) is 6.58 Å². The van der Waals surface area contributed by atoms with Crippen LogP contribution in [-0.2, 0) is 16.6 Å². The minimum atomic E-state index is -3.42. The summed E-state index contributed by atoms with van der Waals surface area (Å²) in [6, 6.07) is 1.49. The standard InChI is InChI=1S/C9H13NO3S2/c1-3-4-10(2)15(12,13)9-5-8(6-11)7-14-9/h3,5,7,11H,1,4,6H2,2H3. The number of hydrogen-bond acceptors (Lipinski definition) is 4. The first kappa shape index (κ1) is 12.4. The molecule has 0 saturated heterocycles. The maximum atomic E-state index is 11.9. The smallest absolute Gasteiger partial charge is 0.252 e. The summed E-state index contributed by atoms with van der Waals surface area (Å²) in [5, 5.41) is 10.5. The van der Waals surface area contributed by atoms with Gasteiger partial charge in [-0.25, -0.2) is 8.42 Å². The highest BCUT2D eigenvalue weighted by atomic mass is 32.2. The molecule has 0 aliphatic carbocycles. The number of likely N-dealkylation sites (N-methyl/N-ethyl adjacent to an activating group) is 1. The van der Waals surface area contributed by atoms with E-state index in [0.29, 0.717) is 5.56 Å². The van der Waals surface area contributed by atoms with Crippen LogP contribution in [0.3, 0.4) is 0 Å². The molecule has 0 radical (unpaired) electrons. The third-order valence-electron chi connectivity index (χ3n) is 1.86. The molecule has 0 spiro atoms. The van der Waals surface area contributed by atoms with E-state index in [1.165, 1.54) is 23.5 Å². The lowest BCUT2D eigenvalue weighted by Crippen LogP contribution is -2.26. The molecule has 0 amide bonds. The average molecular weight is 247 g/mol. The highest BCUT2D eigenvalue weighted by molar-refractivity contribution is 7.91. The predicted molar refractivity (Wildman–Crippen MR) is 60.3 cm³/mol. The molecule has 1 N–H and O–H groups in total. The van der Waals surface area contributed by atoms with E-state index in [-0.39, 0.29) is 17.4 Å². The number of nitrogens with zero attached hydrogens (tertiary/aromatic N) is 1. The molecule has 0 atom stereocenters. The van der Waals surface area contributed by atoms with Crippen LogP contribution in [0.25, 0.3) is 0 Å². The number of thiophene rings is 1. The Morgan fingerprint density at radius 1 is 1.67 bits per heavy atom. The molecule has 0 unspecified atom stereocenters. The molecule has 1 rings (SSSR count). The predicted octanol–water partition coefficient (Wildman–Crippen LogP) is 1.05. The first-order valence-corrected chi connectivity index (χ1v) is 6.60. The van der Waals surface area contributed by atoms with Crippen LogP contribution in [0.2, 0.25) is 0 Å². The number of aliphatic hydroxyl groups excluding tert-OH is 1. The highest BCUT2D eigenvalue weighted by Gasteiger charge is 2.21. The van der Waals surface area contributed by atoms with Crippen molar-refractivity contribution in [1.29, 1.82) is 0 Å². The van der Waals surface area contributed by atoms with E-state index in [9.17, 15) is 8.42 Å². The Morgan fingerprint density at radius 3 is 2.80 bits per heavy atom. The molecule has 0 aliphatic rings. The molecule has 0 aliphatic heterocycles. The van der Waals surface area contributed by atoms with Gasteiger partial charge in [0, 0.05) is 13.6 Å². The van der Waals surface area contributed by atoms with Crippen molar-refractivity contribution in [2.45, 2.75) is 10.8 Å². The second-order valence-electron chi connectivity index (χ2n) is 3.01. The molecule has 15 heavy (non-hydrogen) atoms. The normalized spacial score (nSPS) is 11.9. The van der Waals surface area contributed by atoms with Gasteiger partial charge in [0.15, 0.2) is 0 Å². The van der Waals surface area contributed by atoms with Crippen molar-refractivity contribution in [1.82, 2.24) is 4.31 Å². The van der Waals surface area contributed by atoms with Gasteiger partial charge in [-0.15, -0.1) is 17.9 Å². The maximum Gasteiger partial charge on any atom is 0.252 e.